The van der Waals surface area contributed by atoms with E-state index in [-0.39, 0.29) is 12.2 Å². The highest BCUT2D eigenvalue weighted by Gasteiger charge is 2.31. The van der Waals surface area contributed by atoms with Crippen LogP contribution in [0.5, 0.6) is 5.75 Å². The number of benzene rings is 1. The van der Waals surface area contributed by atoms with Crippen molar-refractivity contribution in [1.82, 2.24) is 4.90 Å². The van der Waals surface area contributed by atoms with Gasteiger partial charge in [-0.1, -0.05) is 32.0 Å². The molecule has 2 rings (SSSR count). The molecule has 1 saturated heterocycles. The maximum Gasteiger partial charge on any atom is 0.123 e. The van der Waals surface area contributed by atoms with Gasteiger partial charge in [-0.15, -0.1) is 0 Å². The van der Waals surface area contributed by atoms with E-state index < -0.39 is 0 Å². The van der Waals surface area contributed by atoms with E-state index >= 15 is 0 Å². The molecule has 0 N–H and O–H groups in total. The quantitative estimate of drug-likeness (QED) is 0.840. The van der Waals surface area contributed by atoms with Crippen molar-refractivity contribution in [2.24, 2.45) is 5.92 Å². The van der Waals surface area contributed by atoms with Gasteiger partial charge in [-0.25, -0.2) is 0 Å². The number of ether oxygens (including phenoxy) is 2. The minimum Gasteiger partial charge on any atom is -0.496 e. The zero-order valence-electron chi connectivity index (χ0n) is 13.3. The number of morpholine rings is 1. The molecule has 3 heteroatoms. The van der Waals surface area contributed by atoms with Crippen LogP contribution >= 0.6 is 0 Å². The molecule has 3 atom stereocenters. The maximum atomic E-state index is 5.87. The Morgan fingerprint density at radius 1 is 1.15 bits per heavy atom. The summed E-state index contributed by atoms with van der Waals surface area (Å²) in [7, 11) is 1.75. The van der Waals surface area contributed by atoms with Gasteiger partial charge in [0.1, 0.15) is 5.75 Å². The van der Waals surface area contributed by atoms with Crippen molar-refractivity contribution < 1.29 is 9.47 Å². The SMILES string of the molecule is COc1ccccc1C(C(C)C)N1CC(C)OC(C)C1. The molecular formula is C17H27NO2. The predicted molar refractivity (Wildman–Crippen MR) is 82.2 cm³/mol. The third kappa shape index (κ3) is 3.33. The number of methoxy groups -OCH3 is 1. The summed E-state index contributed by atoms with van der Waals surface area (Å²) in [5, 5.41) is 0. The van der Waals surface area contributed by atoms with Gasteiger partial charge in [0.15, 0.2) is 0 Å². The van der Waals surface area contributed by atoms with E-state index in [1.807, 2.05) is 6.07 Å². The molecule has 0 bridgehead atoms. The Kier molecular flexibility index (Phi) is 5.06. The lowest BCUT2D eigenvalue weighted by atomic mass is 9.92. The molecule has 0 amide bonds. The largest absolute Gasteiger partial charge is 0.496 e. The Balaban J connectivity index is 2.31. The second-order valence-electron chi connectivity index (χ2n) is 6.14. The number of hydrogen-bond donors (Lipinski definition) is 0. The smallest absolute Gasteiger partial charge is 0.123 e. The second-order valence-corrected chi connectivity index (χ2v) is 6.14. The van der Waals surface area contributed by atoms with Crippen LogP contribution < -0.4 is 4.74 Å². The molecule has 1 fully saturated rings. The Hall–Kier alpha value is -1.06. The van der Waals surface area contributed by atoms with Crippen LogP contribution in [0.15, 0.2) is 24.3 Å². The number of rotatable bonds is 4. The van der Waals surface area contributed by atoms with E-state index in [4.69, 9.17) is 9.47 Å². The third-order valence-corrected chi connectivity index (χ3v) is 3.93. The van der Waals surface area contributed by atoms with Gasteiger partial charge in [0.25, 0.3) is 0 Å². The molecule has 0 spiro atoms. The van der Waals surface area contributed by atoms with Gasteiger partial charge in [-0.3, -0.25) is 4.90 Å². The summed E-state index contributed by atoms with van der Waals surface area (Å²) in [6, 6.07) is 8.75. The van der Waals surface area contributed by atoms with E-state index in [0.717, 1.165) is 18.8 Å². The van der Waals surface area contributed by atoms with E-state index in [0.29, 0.717) is 12.0 Å². The molecule has 0 aromatic heterocycles. The lowest BCUT2D eigenvalue weighted by Gasteiger charge is -2.42. The third-order valence-electron chi connectivity index (χ3n) is 3.93. The standard InChI is InChI=1S/C17H27NO2/c1-12(2)17(15-8-6-7-9-16(15)19-5)18-10-13(3)20-14(4)11-18/h6-9,12-14,17H,10-11H2,1-5H3. The van der Waals surface area contributed by atoms with Crippen LogP contribution in [0.1, 0.15) is 39.3 Å². The molecule has 0 aliphatic carbocycles. The van der Waals surface area contributed by atoms with Crippen molar-refractivity contribution in [3.05, 3.63) is 29.8 Å². The molecule has 3 unspecified atom stereocenters. The van der Waals surface area contributed by atoms with E-state index in [2.05, 4.69) is 50.8 Å². The van der Waals surface area contributed by atoms with Crippen LogP contribution in [0.2, 0.25) is 0 Å². The molecule has 1 aromatic rings. The Bertz CT molecular complexity index is 423. The zero-order chi connectivity index (χ0) is 14.7. The van der Waals surface area contributed by atoms with Crippen LogP contribution in [-0.2, 0) is 4.74 Å². The number of hydrogen-bond acceptors (Lipinski definition) is 3. The van der Waals surface area contributed by atoms with Gasteiger partial charge in [0, 0.05) is 24.7 Å². The van der Waals surface area contributed by atoms with Crippen molar-refractivity contribution in [3.8, 4) is 5.75 Å². The van der Waals surface area contributed by atoms with Crippen LogP contribution in [0.25, 0.3) is 0 Å². The molecule has 1 aliphatic rings. The summed E-state index contributed by atoms with van der Waals surface area (Å²) in [5.41, 5.74) is 1.28. The molecule has 0 saturated carbocycles. The molecule has 0 radical (unpaired) electrons. The number of para-hydroxylation sites is 1. The monoisotopic (exact) mass is 277 g/mol. The highest BCUT2D eigenvalue weighted by Crippen LogP contribution is 2.36. The lowest BCUT2D eigenvalue weighted by molar-refractivity contribution is -0.0864. The average Bonchev–Trinajstić information content (AvgIpc) is 2.38. The summed E-state index contributed by atoms with van der Waals surface area (Å²) in [6.45, 7) is 10.8. The van der Waals surface area contributed by atoms with Gasteiger partial charge in [0.2, 0.25) is 0 Å². The fourth-order valence-electron chi connectivity index (χ4n) is 3.33. The maximum absolute atomic E-state index is 5.87. The lowest BCUT2D eigenvalue weighted by Crippen LogP contribution is -2.48. The normalized spacial score (nSPS) is 25.7. The topological polar surface area (TPSA) is 21.7 Å². The summed E-state index contributed by atoms with van der Waals surface area (Å²) >= 11 is 0. The average molecular weight is 277 g/mol. The van der Waals surface area contributed by atoms with Crippen molar-refractivity contribution >= 4 is 0 Å². The summed E-state index contributed by atoms with van der Waals surface area (Å²) in [6.07, 6.45) is 0.574. The molecule has 20 heavy (non-hydrogen) atoms. The van der Waals surface area contributed by atoms with Crippen molar-refractivity contribution in [2.75, 3.05) is 20.2 Å². The van der Waals surface area contributed by atoms with Crippen LogP contribution in [0.4, 0.5) is 0 Å². The van der Waals surface area contributed by atoms with Gasteiger partial charge < -0.3 is 9.47 Å². The van der Waals surface area contributed by atoms with Crippen LogP contribution in [0, 0.1) is 5.92 Å². The Labute approximate surface area is 122 Å². The first kappa shape index (κ1) is 15.3. The van der Waals surface area contributed by atoms with Crippen molar-refractivity contribution in [3.63, 3.8) is 0 Å². The van der Waals surface area contributed by atoms with Gasteiger partial charge in [-0.05, 0) is 25.8 Å². The van der Waals surface area contributed by atoms with E-state index in [1.165, 1.54) is 5.56 Å². The van der Waals surface area contributed by atoms with Gasteiger partial charge in [0.05, 0.1) is 19.3 Å². The molecule has 1 aliphatic heterocycles. The Morgan fingerprint density at radius 3 is 2.30 bits per heavy atom. The molecule has 112 valence electrons. The summed E-state index contributed by atoms with van der Waals surface area (Å²) in [5.74, 6) is 1.52. The van der Waals surface area contributed by atoms with E-state index in [1.54, 1.807) is 7.11 Å². The zero-order valence-corrected chi connectivity index (χ0v) is 13.3. The van der Waals surface area contributed by atoms with Crippen LogP contribution in [-0.4, -0.2) is 37.3 Å². The minimum absolute atomic E-state index is 0.287. The van der Waals surface area contributed by atoms with Gasteiger partial charge >= 0.3 is 0 Å². The Morgan fingerprint density at radius 2 is 1.75 bits per heavy atom. The highest BCUT2D eigenvalue weighted by atomic mass is 16.5. The number of nitrogens with zero attached hydrogens (tertiary/aromatic N) is 1. The van der Waals surface area contributed by atoms with Crippen molar-refractivity contribution in [2.45, 2.75) is 45.9 Å². The second kappa shape index (κ2) is 6.59. The summed E-state index contributed by atoms with van der Waals surface area (Å²) < 4.78 is 11.4. The van der Waals surface area contributed by atoms with Crippen LogP contribution in [0.3, 0.4) is 0 Å². The fourth-order valence-corrected chi connectivity index (χ4v) is 3.33. The van der Waals surface area contributed by atoms with Gasteiger partial charge in [-0.2, -0.15) is 0 Å². The first-order valence-electron chi connectivity index (χ1n) is 7.55. The molecule has 1 aromatic carbocycles. The molecule has 3 nitrogen and oxygen atoms in total. The van der Waals surface area contributed by atoms with Crippen molar-refractivity contribution in [1.29, 1.82) is 0 Å². The van der Waals surface area contributed by atoms with E-state index in [9.17, 15) is 0 Å². The fraction of sp³-hybridized carbons (Fsp3) is 0.647. The first-order chi connectivity index (χ1) is 9.52. The predicted octanol–water partition coefficient (Wildman–Crippen LogP) is 3.50. The highest BCUT2D eigenvalue weighted by molar-refractivity contribution is 5.36. The molecular weight excluding hydrogens is 250 g/mol. The minimum atomic E-state index is 0.287. The first-order valence-corrected chi connectivity index (χ1v) is 7.55. The molecule has 1 heterocycles. The summed E-state index contributed by atoms with van der Waals surface area (Å²) in [4.78, 5) is 2.54.